The Balaban J connectivity index is 0.00000225. The van der Waals surface area contributed by atoms with Crippen LogP contribution in [0.15, 0.2) is 73.1 Å². The van der Waals surface area contributed by atoms with Crippen LogP contribution in [0.1, 0.15) is 16.7 Å². The van der Waals surface area contributed by atoms with Crippen molar-refractivity contribution in [3.8, 4) is 11.1 Å². The minimum Gasteiger partial charge on any atom is -1.00 e. The van der Waals surface area contributed by atoms with Crippen molar-refractivity contribution in [2.45, 2.75) is 26.8 Å². The number of carbonyl (C=O) groups excluding carboxylic acids is 1. The lowest BCUT2D eigenvalue weighted by Crippen LogP contribution is -3.00. The van der Waals surface area contributed by atoms with Gasteiger partial charge in [0.1, 0.15) is 0 Å². The number of Topliss-reactive ketones (excluding diaryl/α,β-unsaturated/α-hetero) is 1. The third kappa shape index (κ3) is 4.86. The number of hydrogen-bond acceptors (Lipinski definition) is 1. The van der Waals surface area contributed by atoms with Gasteiger partial charge in [0.05, 0.1) is 0 Å². The largest absolute Gasteiger partial charge is 1.00 e. The molecule has 0 aliphatic rings. The van der Waals surface area contributed by atoms with E-state index in [0.29, 0.717) is 13.0 Å². The van der Waals surface area contributed by atoms with Crippen molar-refractivity contribution in [1.82, 2.24) is 0 Å². The average molecular weight is 396 g/mol. The fraction of sp³-hybridized carbons (Fsp3) is 0.182. The summed E-state index contributed by atoms with van der Waals surface area (Å²) in [5, 5.41) is 0. The van der Waals surface area contributed by atoms with E-state index in [1.807, 2.05) is 41.2 Å². The lowest BCUT2D eigenvalue weighted by molar-refractivity contribution is -0.684. The van der Waals surface area contributed by atoms with Crippen LogP contribution in [0.5, 0.6) is 0 Å². The molecule has 128 valence electrons. The van der Waals surface area contributed by atoms with Crippen molar-refractivity contribution in [1.29, 1.82) is 0 Å². The molecule has 3 heteroatoms. The Morgan fingerprint density at radius 2 is 1.36 bits per heavy atom. The van der Waals surface area contributed by atoms with Crippen LogP contribution in [0.3, 0.4) is 0 Å². The first kappa shape index (κ1) is 19.1. The molecule has 0 unspecified atom stereocenters. The Hall–Kier alpha value is -2.26. The molecule has 0 aliphatic heterocycles. The second kappa shape index (κ2) is 8.72. The van der Waals surface area contributed by atoms with Crippen LogP contribution >= 0.6 is 0 Å². The van der Waals surface area contributed by atoms with Gasteiger partial charge in [-0.05, 0) is 41.7 Å². The Kier molecular flexibility index (Phi) is 6.65. The van der Waals surface area contributed by atoms with E-state index in [-0.39, 0.29) is 22.8 Å². The lowest BCUT2D eigenvalue weighted by Gasteiger charge is -2.07. The second-order valence-electron chi connectivity index (χ2n) is 6.21. The van der Waals surface area contributed by atoms with Gasteiger partial charge in [-0.1, -0.05) is 48.5 Å². The molecule has 0 radical (unpaired) electrons. The molecule has 1 aromatic heterocycles. The molecule has 0 atom stereocenters. The maximum absolute atomic E-state index is 12.4. The minimum absolute atomic E-state index is 0. The number of carbonyl (C=O) groups is 1. The summed E-state index contributed by atoms with van der Waals surface area (Å²) >= 11 is 0. The summed E-state index contributed by atoms with van der Waals surface area (Å²) in [5.74, 6) is 0.227. The van der Waals surface area contributed by atoms with Crippen LogP contribution in [0.4, 0.5) is 0 Å². The van der Waals surface area contributed by atoms with Crippen LogP contribution in [-0.2, 0) is 17.8 Å². The first-order valence-electron chi connectivity index (χ1n) is 8.25. The van der Waals surface area contributed by atoms with Crippen LogP contribution in [-0.4, -0.2) is 5.78 Å². The summed E-state index contributed by atoms with van der Waals surface area (Å²) in [6.45, 7) is 4.54. The number of benzene rings is 2. The van der Waals surface area contributed by atoms with Gasteiger partial charge in [-0.2, -0.15) is 4.57 Å². The molecule has 0 amide bonds. The summed E-state index contributed by atoms with van der Waals surface area (Å²) < 4.78 is 1.95. The number of hydrogen-bond donors (Lipinski definition) is 0. The van der Waals surface area contributed by atoms with Gasteiger partial charge in [-0.25, -0.2) is 0 Å². The molecule has 0 fully saturated rings. The van der Waals surface area contributed by atoms with Gasteiger partial charge in [0, 0.05) is 18.6 Å². The summed E-state index contributed by atoms with van der Waals surface area (Å²) in [7, 11) is 0. The van der Waals surface area contributed by atoms with Crippen molar-refractivity contribution in [2.24, 2.45) is 0 Å². The molecule has 0 N–H and O–H groups in total. The first-order valence-corrected chi connectivity index (χ1v) is 8.25. The fourth-order valence-corrected chi connectivity index (χ4v) is 2.97. The number of pyridine rings is 1. The highest BCUT2D eigenvalue weighted by atomic mass is 79.9. The van der Waals surface area contributed by atoms with Gasteiger partial charge >= 0.3 is 0 Å². The van der Waals surface area contributed by atoms with E-state index in [2.05, 4.69) is 50.2 Å². The minimum atomic E-state index is 0. The van der Waals surface area contributed by atoms with Gasteiger partial charge in [0.25, 0.3) is 0 Å². The topological polar surface area (TPSA) is 20.9 Å². The molecule has 0 bridgehead atoms. The molecular formula is C22H22BrNO. The Bertz CT molecular complexity index is 821. The SMILES string of the molecule is Cc1cccc(C)c1CC(=O)C[n+]1ccc(-c2ccccc2)cc1.[Br-]. The summed E-state index contributed by atoms with van der Waals surface area (Å²) in [4.78, 5) is 12.4. The lowest BCUT2D eigenvalue weighted by atomic mass is 9.98. The predicted molar refractivity (Wildman–Crippen MR) is 96.7 cm³/mol. The number of aryl methyl sites for hydroxylation is 2. The van der Waals surface area contributed by atoms with Crippen LogP contribution in [0.2, 0.25) is 0 Å². The van der Waals surface area contributed by atoms with Gasteiger partial charge < -0.3 is 17.0 Å². The van der Waals surface area contributed by atoms with Crippen LogP contribution in [0.25, 0.3) is 11.1 Å². The number of ketones is 1. The maximum atomic E-state index is 12.4. The monoisotopic (exact) mass is 395 g/mol. The Morgan fingerprint density at radius 1 is 0.800 bits per heavy atom. The summed E-state index contributed by atoms with van der Waals surface area (Å²) in [6.07, 6.45) is 4.45. The van der Waals surface area contributed by atoms with E-state index in [4.69, 9.17) is 0 Å². The quantitative estimate of drug-likeness (QED) is 0.592. The van der Waals surface area contributed by atoms with E-state index in [9.17, 15) is 4.79 Å². The molecule has 0 aliphatic carbocycles. The smallest absolute Gasteiger partial charge is 0.206 e. The zero-order valence-electron chi connectivity index (χ0n) is 14.6. The Morgan fingerprint density at radius 3 is 1.96 bits per heavy atom. The molecule has 2 nitrogen and oxygen atoms in total. The molecule has 3 rings (SSSR count). The molecule has 25 heavy (non-hydrogen) atoms. The molecule has 2 aromatic carbocycles. The molecule has 1 heterocycles. The number of nitrogens with zero attached hydrogens (tertiary/aromatic N) is 1. The fourth-order valence-electron chi connectivity index (χ4n) is 2.97. The molecule has 3 aromatic rings. The molecular weight excluding hydrogens is 374 g/mol. The Labute approximate surface area is 159 Å². The predicted octanol–water partition coefficient (Wildman–Crippen LogP) is 1.07. The standard InChI is InChI=1S/C22H22NO.BrH/c1-17-7-6-8-18(2)22(17)15-21(24)16-23-13-11-20(12-14-23)19-9-4-3-5-10-19;/h3-14H,15-16H2,1-2H3;1H/q+1;/p-1. The van der Waals surface area contributed by atoms with Crippen LogP contribution in [0, 0.1) is 13.8 Å². The number of aromatic nitrogens is 1. The highest BCUT2D eigenvalue weighted by molar-refractivity contribution is 5.80. The summed E-state index contributed by atoms with van der Waals surface area (Å²) in [6, 6.07) is 20.5. The maximum Gasteiger partial charge on any atom is 0.206 e. The van der Waals surface area contributed by atoms with Crippen molar-refractivity contribution < 1.29 is 26.3 Å². The average Bonchev–Trinajstić information content (AvgIpc) is 2.60. The van der Waals surface area contributed by atoms with Crippen molar-refractivity contribution in [3.63, 3.8) is 0 Å². The zero-order valence-corrected chi connectivity index (χ0v) is 16.2. The summed E-state index contributed by atoms with van der Waals surface area (Å²) in [5.41, 5.74) is 5.88. The van der Waals surface area contributed by atoms with Crippen LogP contribution < -0.4 is 21.5 Å². The van der Waals surface area contributed by atoms with Gasteiger partial charge in [0.2, 0.25) is 12.3 Å². The third-order valence-corrected chi connectivity index (χ3v) is 4.38. The molecule has 0 saturated heterocycles. The van der Waals surface area contributed by atoms with Gasteiger partial charge in [-0.15, -0.1) is 0 Å². The highest BCUT2D eigenvalue weighted by Gasteiger charge is 2.13. The van der Waals surface area contributed by atoms with E-state index in [0.717, 1.165) is 11.1 Å². The van der Waals surface area contributed by atoms with Crippen molar-refractivity contribution in [2.75, 3.05) is 0 Å². The van der Waals surface area contributed by atoms with Gasteiger partial charge in [-0.3, -0.25) is 4.79 Å². The highest BCUT2D eigenvalue weighted by Crippen LogP contribution is 2.17. The number of rotatable bonds is 5. The second-order valence-corrected chi connectivity index (χ2v) is 6.21. The first-order chi connectivity index (χ1) is 11.6. The van der Waals surface area contributed by atoms with E-state index in [1.54, 1.807) is 0 Å². The van der Waals surface area contributed by atoms with E-state index in [1.165, 1.54) is 16.7 Å². The van der Waals surface area contributed by atoms with Gasteiger partial charge in [0.15, 0.2) is 12.4 Å². The van der Waals surface area contributed by atoms with Crippen molar-refractivity contribution >= 4 is 5.78 Å². The zero-order chi connectivity index (χ0) is 16.9. The normalized spacial score (nSPS) is 10.2. The third-order valence-electron chi connectivity index (χ3n) is 4.38. The molecule has 0 saturated carbocycles. The van der Waals surface area contributed by atoms with E-state index < -0.39 is 0 Å². The van der Waals surface area contributed by atoms with E-state index >= 15 is 0 Å². The number of halogens is 1. The van der Waals surface area contributed by atoms with Crippen molar-refractivity contribution in [3.05, 3.63) is 89.7 Å². The molecule has 0 spiro atoms.